The maximum atomic E-state index is 13.6. The van der Waals surface area contributed by atoms with Crippen LogP contribution < -0.4 is 0 Å². The number of carboxylic acids is 1. The fourth-order valence-electron chi connectivity index (χ4n) is 2.27. The summed E-state index contributed by atoms with van der Waals surface area (Å²) in [6, 6.07) is 3.18. The molecule has 1 atom stereocenters. The highest BCUT2D eigenvalue weighted by Gasteiger charge is 2.33. The normalized spacial score (nSPS) is 19.9. The van der Waals surface area contributed by atoms with E-state index >= 15 is 0 Å². The van der Waals surface area contributed by atoms with Crippen molar-refractivity contribution < 1.29 is 22.7 Å². The molecule has 0 bridgehead atoms. The Morgan fingerprint density at radius 2 is 2.19 bits per heavy atom. The van der Waals surface area contributed by atoms with Crippen molar-refractivity contribution in [2.24, 2.45) is 5.92 Å². The van der Waals surface area contributed by atoms with Crippen LogP contribution in [0.5, 0.6) is 0 Å². The first-order valence-electron chi connectivity index (χ1n) is 6.31. The van der Waals surface area contributed by atoms with Gasteiger partial charge in [0.2, 0.25) is 10.0 Å². The van der Waals surface area contributed by atoms with Gasteiger partial charge < -0.3 is 5.11 Å². The van der Waals surface area contributed by atoms with Gasteiger partial charge in [-0.15, -0.1) is 0 Å². The van der Waals surface area contributed by atoms with E-state index in [1.54, 1.807) is 0 Å². The molecule has 1 aliphatic heterocycles. The lowest BCUT2D eigenvalue weighted by Crippen LogP contribution is -2.42. The van der Waals surface area contributed by atoms with E-state index in [1.165, 1.54) is 6.07 Å². The summed E-state index contributed by atoms with van der Waals surface area (Å²) in [6.07, 6.45) is 7.74. The van der Waals surface area contributed by atoms with Gasteiger partial charge in [-0.3, -0.25) is 4.79 Å². The first-order valence-corrected chi connectivity index (χ1v) is 7.75. The van der Waals surface area contributed by atoms with Crippen LogP contribution in [0.3, 0.4) is 0 Å². The number of carboxylic acid groups (broad SMARTS) is 1. The Hall–Kier alpha value is -1.91. The number of halogens is 1. The Morgan fingerprint density at radius 3 is 2.76 bits per heavy atom. The van der Waals surface area contributed by atoms with E-state index in [4.69, 9.17) is 11.5 Å². The maximum absolute atomic E-state index is 13.6. The van der Waals surface area contributed by atoms with Crippen molar-refractivity contribution in [3.05, 3.63) is 36.0 Å². The van der Waals surface area contributed by atoms with Gasteiger partial charge >= 0.3 is 5.97 Å². The van der Waals surface area contributed by atoms with E-state index in [9.17, 15) is 17.6 Å². The van der Waals surface area contributed by atoms with E-state index in [1.807, 2.05) is 5.92 Å². The summed E-state index contributed by atoms with van der Waals surface area (Å²) < 4.78 is 39.5. The molecule has 1 heterocycles. The minimum atomic E-state index is -3.93. The van der Waals surface area contributed by atoms with Crippen LogP contribution in [0.25, 0.3) is 0 Å². The smallest absolute Gasteiger partial charge is 0.307 e. The topological polar surface area (TPSA) is 74.7 Å². The van der Waals surface area contributed by atoms with E-state index in [0.29, 0.717) is 12.8 Å². The molecule has 21 heavy (non-hydrogen) atoms. The zero-order valence-electron chi connectivity index (χ0n) is 11.0. The van der Waals surface area contributed by atoms with Crippen LogP contribution in [0.2, 0.25) is 0 Å². The van der Waals surface area contributed by atoms with Crippen LogP contribution in [0.1, 0.15) is 18.4 Å². The van der Waals surface area contributed by atoms with Crippen LogP contribution in [0, 0.1) is 24.1 Å². The van der Waals surface area contributed by atoms with Crippen molar-refractivity contribution >= 4 is 16.0 Å². The Bertz CT molecular complexity index is 708. The second-order valence-electron chi connectivity index (χ2n) is 4.81. The van der Waals surface area contributed by atoms with Gasteiger partial charge in [0.1, 0.15) is 5.82 Å². The van der Waals surface area contributed by atoms with Gasteiger partial charge in [-0.05, 0) is 43.4 Å². The molecule has 0 spiro atoms. The highest BCUT2D eigenvalue weighted by molar-refractivity contribution is 7.89. The van der Waals surface area contributed by atoms with Crippen LogP contribution in [-0.2, 0) is 14.8 Å². The largest absolute Gasteiger partial charge is 0.481 e. The highest BCUT2D eigenvalue weighted by Crippen LogP contribution is 2.25. The van der Waals surface area contributed by atoms with Crippen molar-refractivity contribution in [3.63, 3.8) is 0 Å². The molecule has 111 valence electrons. The molecular formula is C14H13FNO4S. The summed E-state index contributed by atoms with van der Waals surface area (Å²) in [5, 5.41) is 8.99. The van der Waals surface area contributed by atoms with Gasteiger partial charge in [-0.25, -0.2) is 12.8 Å². The lowest BCUT2D eigenvalue weighted by molar-refractivity contribution is -0.142. The lowest BCUT2D eigenvalue weighted by atomic mass is 10.0. The Labute approximate surface area is 122 Å². The standard InChI is InChI=1S/C14H13FNO4S/c1-2-10-5-6-12(8-13(10)15)21(19,20)16-7-3-4-11(9-16)14(17)18/h5-6,8,11H,3-4,7,9H2,(H,17,18). The average Bonchev–Trinajstić information content (AvgIpc) is 2.47. The summed E-state index contributed by atoms with van der Waals surface area (Å²) in [7, 11) is -3.93. The number of piperidine rings is 1. The zero-order chi connectivity index (χ0) is 15.6. The van der Waals surface area contributed by atoms with Crippen molar-refractivity contribution in [2.75, 3.05) is 13.1 Å². The minimum Gasteiger partial charge on any atom is -0.481 e. The van der Waals surface area contributed by atoms with E-state index in [2.05, 4.69) is 0 Å². The van der Waals surface area contributed by atoms with Gasteiger partial charge in [-0.2, -0.15) is 4.31 Å². The molecule has 1 fully saturated rings. The predicted octanol–water partition coefficient (Wildman–Crippen LogP) is 1.25. The van der Waals surface area contributed by atoms with E-state index < -0.39 is 27.7 Å². The van der Waals surface area contributed by atoms with Crippen LogP contribution in [-0.4, -0.2) is 36.9 Å². The van der Waals surface area contributed by atoms with Gasteiger partial charge in [-0.1, -0.05) is 0 Å². The molecule has 0 aromatic heterocycles. The molecule has 0 amide bonds. The third kappa shape index (κ3) is 3.06. The van der Waals surface area contributed by atoms with E-state index in [0.717, 1.165) is 16.4 Å². The fraction of sp³-hybridized carbons (Fsp3) is 0.357. The molecule has 1 radical (unpaired) electrons. The SMILES string of the molecule is [C]#Cc1ccc(S(=O)(=O)N2CCCC(C(=O)O)C2)cc1F. The molecule has 1 aromatic carbocycles. The number of aliphatic carboxylic acids is 1. The van der Waals surface area contributed by atoms with E-state index in [-0.39, 0.29) is 23.5 Å². The quantitative estimate of drug-likeness (QED) is 0.853. The number of rotatable bonds is 3. The average molecular weight is 310 g/mol. The first kappa shape index (κ1) is 15.5. The van der Waals surface area contributed by atoms with Crippen LogP contribution in [0.4, 0.5) is 4.39 Å². The van der Waals surface area contributed by atoms with Gasteiger partial charge in [0.15, 0.2) is 0 Å². The maximum Gasteiger partial charge on any atom is 0.307 e. The molecule has 1 unspecified atom stereocenters. The third-order valence-electron chi connectivity index (χ3n) is 3.45. The van der Waals surface area contributed by atoms with Crippen LogP contribution >= 0.6 is 0 Å². The second-order valence-corrected chi connectivity index (χ2v) is 6.75. The molecule has 0 aliphatic carbocycles. The number of carbonyl (C=O) groups is 1. The monoisotopic (exact) mass is 310 g/mol. The zero-order valence-corrected chi connectivity index (χ0v) is 11.9. The summed E-state index contributed by atoms with van der Waals surface area (Å²) >= 11 is 0. The lowest BCUT2D eigenvalue weighted by Gasteiger charge is -2.29. The third-order valence-corrected chi connectivity index (χ3v) is 5.31. The number of hydrogen-bond donors (Lipinski definition) is 1. The van der Waals surface area contributed by atoms with Crippen molar-refractivity contribution in [2.45, 2.75) is 17.7 Å². The molecule has 1 aliphatic rings. The Balaban J connectivity index is 2.32. The Kier molecular flexibility index (Phi) is 4.30. The van der Waals surface area contributed by atoms with Crippen LogP contribution in [0.15, 0.2) is 23.1 Å². The van der Waals surface area contributed by atoms with Crippen molar-refractivity contribution in [1.82, 2.24) is 4.31 Å². The van der Waals surface area contributed by atoms with Gasteiger partial charge in [0, 0.05) is 13.1 Å². The summed E-state index contributed by atoms with van der Waals surface area (Å²) in [5.41, 5.74) is -0.129. The molecule has 0 saturated carbocycles. The summed E-state index contributed by atoms with van der Waals surface area (Å²) in [4.78, 5) is 10.7. The highest BCUT2D eigenvalue weighted by atomic mass is 32.2. The van der Waals surface area contributed by atoms with Gasteiger partial charge in [0.25, 0.3) is 0 Å². The number of nitrogens with zero attached hydrogens (tertiary/aromatic N) is 1. The molecule has 7 heteroatoms. The minimum absolute atomic E-state index is 0.113. The molecule has 1 N–H and O–H groups in total. The molecule has 1 saturated heterocycles. The Morgan fingerprint density at radius 1 is 1.48 bits per heavy atom. The van der Waals surface area contributed by atoms with Crippen molar-refractivity contribution in [1.29, 1.82) is 0 Å². The summed E-state index contributed by atoms with van der Waals surface area (Å²) in [6.45, 7) is 0.101. The molecular weight excluding hydrogens is 297 g/mol. The first-order chi connectivity index (χ1) is 9.86. The number of sulfonamides is 1. The molecule has 2 rings (SSSR count). The second kappa shape index (κ2) is 5.84. The fourth-order valence-corrected chi connectivity index (χ4v) is 3.81. The number of benzene rings is 1. The predicted molar refractivity (Wildman–Crippen MR) is 71.8 cm³/mol. The molecule has 5 nitrogen and oxygen atoms in total. The molecule has 1 aromatic rings. The van der Waals surface area contributed by atoms with Gasteiger partial charge in [0.05, 0.1) is 16.4 Å². The summed E-state index contributed by atoms with van der Waals surface area (Å²) in [5.74, 6) is -0.760. The van der Waals surface area contributed by atoms with Crippen molar-refractivity contribution in [3.8, 4) is 5.92 Å². The number of hydrogen-bond acceptors (Lipinski definition) is 3.